The van der Waals surface area contributed by atoms with E-state index in [1.165, 1.54) is 11.3 Å². The van der Waals surface area contributed by atoms with Gasteiger partial charge in [-0.2, -0.15) is 0 Å². The Kier molecular flexibility index (Phi) is 4.42. The Bertz CT molecular complexity index is 1130. The molecule has 0 aliphatic carbocycles. The van der Waals surface area contributed by atoms with Crippen molar-refractivity contribution in [1.82, 2.24) is 14.5 Å². The lowest BCUT2D eigenvalue weighted by Crippen LogP contribution is -2.17. The number of fused-ring (bicyclic) bond motifs is 3. The number of aromatic nitrogens is 3. The summed E-state index contributed by atoms with van der Waals surface area (Å²) in [6.07, 6.45) is 5.62. The summed E-state index contributed by atoms with van der Waals surface area (Å²) in [6, 6.07) is 9.82. The second-order valence-corrected chi connectivity index (χ2v) is 7.35. The molecule has 26 heavy (non-hydrogen) atoms. The van der Waals surface area contributed by atoms with E-state index in [0.717, 1.165) is 52.1 Å². The molecular formula is C20H20N4OS. The second kappa shape index (κ2) is 6.88. The highest BCUT2D eigenvalue weighted by Crippen LogP contribution is 2.34. The van der Waals surface area contributed by atoms with Crippen LogP contribution in [0.3, 0.4) is 0 Å². The summed E-state index contributed by atoms with van der Waals surface area (Å²) in [5.74, 6) is 0. The van der Waals surface area contributed by atoms with E-state index in [0.29, 0.717) is 4.70 Å². The summed E-state index contributed by atoms with van der Waals surface area (Å²) in [5.41, 5.74) is 3.65. The fraction of sp³-hybridized carbons (Fsp3) is 0.250. The van der Waals surface area contributed by atoms with Crippen molar-refractivity contribution in [2.45, 2.75) is 26.7 Å². The van der Waals surface area contributed by atoms with Crippen molar-refractivity contribution < 1.29 is 0 Å². The summed E-state index contributed by atoms with van der Waals surface area (Å²) in [7, 11) is 0. The largest absolute Gasteiger partial charge is 0.384 e. The van der Waals surface area contributed by atoms with Gasteiger partial charge in [0.05, 0.1) is 16.6 Å². The molecule has 0 radical (unpaired) electrons. The maximum Gasteiger partial charge on any atom is 0.275 e. The van der Waals surface area contributed by atoms with E-state index in [4.69, 9.17) is 0 Å². The number of anilines is 1. The Balaban J connectivity index is 1.88. The minimum Gasteiger partial charge on any atom is -0.384 e. The van der Waals surface area contributed by atoms with Crippen LogP contribution in [0.4, 0.5) is 5.69 Å². The highest BCUT2D eigenvalue weighted by Gasteiger charge is 2.16. The zero-order valence-electron chi connectivity index (χ0n) is 14.8. The summed E-state index contributed by atoms with van der Waals surface area (Å²) in [4.78, 5) is 22.9. The molecule has 4 rings (SSSR count). The van der Waals surface area contributed by atoms with Gasteiger partial charge < -0.3 is 5.32 Å². The number of thiophene rings is 1. The first kappa shape index (κ1) is 16.7. The van der Waals surface area contributed by atoms with Crippen LogP contribution in [-0.4, -0.2) is 21.1 Å². The topological polar surface area (TPSA) is 59.8 Å². The first-order valence-corrected chi connectivity index (χ1v) is 9.60. The number of aryl methyl sites for hydroxylation is 1. The van der Waals surface area contributed by atoms with Gasteiger partial charge in [0, 0.05) is 18.4 Å². The fourth-order valence-corrected chi connectivity index (χ4v) is 4.04. The zero-order valence-corrected chi connectivity index (χ0v) is 15.6. The molecule has 0 amide bonds. The highest BCUT2D eigenvalue weighted by molar-refractivity contribution is 7.25. The molecule has 3 aromatic heterocycles. The number of nitrogens with one attached hydrogen (secondary N) is 1. The SMILES string of the molecule is CCCCNc1ccnc2sc3c(=O)n(-c4ccc(C)cc4)cnc3c12. The normalized spacial score (nSPS) is 11.3. The molecule has 3 heterocycles. The minimum absolute atomic E-state index is 0.0543. The molecule has 0 saturated carbocycles. The Hall–Kier alpha value is -2.73. The molecule has 1 N–H and O–H groups in total. The molecule has 0 spiro atoms. The van der Waals surface area contributed by atoms with E-state index < -0.39 is 0 Å². The van der Waals surface area contributed by atoms with Gasteiger partial charge in [-0.3, -0.25) is 9.36 Å². The van der Waals surface area contributed by atoms with Crippen LogP contribution in [0, 0.1) is 6.92 Å². The van der Waals surface area contributed by atoms with Crippen LogP contribution >= 0.6 is 11.3 Å². The van der Waals surface area contributed by atoms with E-state index in [9.17, 15) is 4.79 Å². The number of hydrogen-bond donors (Lipinski definition) is 1. The van der Waals surface area contributed by atoms with Crippen molar-refractivity contribution in [3.05, 3.63) is 58.8 Å². The number of rotatable bonds is 5. The van der Waals surface area contributed by atoms with Crippen LogP contribution in [-0.2, 0) is 0 Å². The van der Waals surface area contributed by atoms with E-state index in [1.54, 1.807) is 17.1 Å². The van der Waals surface area contributed by atoms with Crippen LogP contribution in [0.2, 0.25) is 0 Å². The molecule has 0 atom stereocenters. The first-order valence-electron chi connectivity index (χ1n) is 8.79. The number of benzene rings is 1. The Morgan fingerprint density at radius 3 is 2.73 bits per heavy atom. The lowest BCUT2D eigenvalue weighted by atomic mass is 10.2. The predicted octanol–water partition coefficient (Wildman–Crippen LogP) is 4.52. The zero-order chi connectivity index (χ0) is 18.1. The monoisotopic (exact) mass is 364 g/mol. The third kappa shape index (κ3) is 2.86. The van der Waals surface area contributed by atoms with Crippen molar-refractivity contribution in [2.75, 3.05) is 11.9 Å². The molecule has 5 nitrogen and oxygen atoms in total. The van der Waals surface area contributed by atoms with E-state index in [1.807, 2.05) is 37.3 Å². The molecule has 0 bridgehead atoms. The molecule has 0 unspecified atom stereocenters. The van der Waals surface area contributed by atoms with Gasteiger partial charge in [0.25, 0.3) is 5.56 Å². The standard InChI is InChI=1S/C20H20N4OS/c1-3-4-10-21-15-9-11-22-19-16(15)17-18(26-19)20(25)24(12-23-17)14-7-5-13(2)6-8-14/h5-9,11-12H,3-4,10H2,1-2H3,(H,21,22). The average Bonchev–Trinajstić information content (AvgIpc) is 3.04. The quantitative estimate of drug-likeness (QED) is 0.529. The van der Waals surface area contributed by atoms with E-state index in [-0.39, 0.29) is 5.56 Å². The molecule has 1 aromatic carbocycles. The molecule has 4 aromatic rings. The van der Waals surface area contributed by atoms with Gasteiger partial charge in [-0.05, 0) is 31.5 Å². The van der Waals surface area contributed by atoms with Crippen molar-refractivity contribution in [3.63, 3.8) is 0 Å². The molecule has 0 saturated heterocycles. The van der Waals surface area contributed by atoms with Crippen LogP contribution in [0.1, 0.15) is 25.3 Å². The van der Waals surface area contributed by atoms with Gasteiger partial charge in [-0.25, -0.2) is 9.97 Å². The molecule has 0 aliphatic rings. The summed E-state index contributed by atoms with van der Waals surface area (Å²) in [6.45, 7) is 5.09. The maximum absolute atomic E-state index is 13.0. The Morgan fingerprint density at radius 1 is 1.15 bits per heavy atom. The van der Waals surface area contributed by atoms with Gasteiger partial charge >= 0.3 is 0 Å². The second-order valence-electron chi connectivity index (χ2n) is 6.35. The van der Waals surface area contributed by atoms with Gasteiger partial charge in [-0.1, -0.05) is 31.0 Å². The molecule has 6 heteroatoms. The number of pyridine rings is 1. The van der Waals surface area contributed by atoms with Crippen molar-refractivity contribution >= 4 is 37.5 Å². The van der Waals surface area contributed by atoms with Crippen molar-refractivity contribution in [3.8, 4) is 5.69 Å². The first-order chi connectivity index (χ1) is 12.7. The van der Waals surface area contributed by atoms with Crippen LogP contribution in [0.5, 0.6) is 0 Å². The third-order valence-electron chi connectivity index (χ3n) is 4.44. The van der Waals surface area contributed by atoms with Crippen LogP contribution in [0.15, 0.2) is 47.7 Å². The van der Waals surface area contributed by atoms with Crippen LogP contribution in [0.25, 0.3) is 26.1 Å². The summed E-state index contributed by atoms with van der Waals surface area (Å²) < 4.78 is 2.24. The van der Waals surface area contributed by atoms with Crippen LogP contribution < -0.4 is 10.9 Å². The molecule has 0 fully saturated rings. The lowest BCUT2D eigenvalue weighted by Gasteiger charge is -2.07. The maximum atomic E-state index is 13.0. The van der Waals surface area contributed by atoms with Gasteiger partial charge in [0.15, 0.2) is 0 Å². The van der Waals surface area contributed by atoms with E-state index in [2.05, 4.69) is 22.2 Å². The highest BCUT2D eigenvalue weighted by atomic mass is 32.1. The Morgan fingerprint density at radius 2 is 1.96 bits per heavy atom. The fourth-order valence-electron chi connectivity index (χ4n) is 2.99. The average molecular weight is 364 g/mol. The smallest absolute Gasteiger partial charge is 0.275 e. The molecule has 0 aliphatic heterocycles. The van der Waals surface area contributed by atoms with Gasteiger partial charge in [-0.15, -0.1) is 11.3 Å². The number of hydrogen-bond acceptors (Lipinski definition) is 5. The van der Waals surface area contributed by atoms with Crippen molar-refractivity contribution in [1.29, 1.82) is 0 Å². The Labute approximate surface area is 155 Å². The summed E-state index contributed by atoms with van der Waals surface area (Å²) in [5, 5.41) is 4.40. The van der Waals surface area contributed by atoms with Gasteiger partial charge in [0.1, 0.15) is 15.9 Å². The molecule has 132 valence electrons. The van der Waals surface area contributed by atoms with E-state index >= 15 is 0 Å². The number of unbranched alkanes of at least 4 members (excludes halogenated alkanes) is 1. The van der Waals surface area contributed by atoms with Crippen molar-refractivity contribution in [2.24, 2.45) is 0 Å². The van der Waals surface area contributed by atoms with Gasteiger partial charge in [0.2, 0.25) is 0 Å². The number of nitrogens with zero attached hydrogens (tertiary/aromatic N) is 3. The predicted molar refractivity (Wildman–Crippen MR) is 109 cm³/mol. The minimum atomic E-state index is -0.0543. The third-order valence-corrected chi connectivity index (χ3v) is 5.52. The lowest BCUT2D eigenvalue weighted by molar-refractivity contribution is 0.835. The molecular weight excluding hydrogens is 344 g/mol. The summed E-state index contributed by atoms with van der Waals surface area (Å²) >= 11 is 1.41.